The number of hydrogen-bond acceptors (Lipinski definition) is 14. The molecule has 316 valence electrons. The van der Waals surface area contributed by atoms with Gasteiger partial charge in [-0.25, -0.2) is 4.98 Å². The highest BCUT2D eigenvalue weighted by Crippen LogP contribution is 2.30. The molecule has 0 spiro atoms. The zero-order valence-corrected chi connectivity index (χ0v) is 33.6. The molecule has 2 heterocycles. The molecule has 1 fully saturated rings. The Bertz CT molecular complexity index is 1610. The topological polar surface area (TPSA) is 198 Å². The first-order valence-electron chi connectivity index (χ1n) is 18.6. The number of ether oxygens (including phenoxy) is 7. The van der Waals surface area contributed by atoms with Crippen molar-refractivity contribution >= 4 is 34.3 Å². The average Bonchev–Trinajstić information content (AvgIpc) is 3.19. The minimum atomic E-state index is -4.67. The Kier molecular flexibility index (Phi) is 20.4. The lowest BCUT2D eigenvalue weighted by Crippen LogP contribution is -2.57. The van der Waals surface area contributed by atoms with Crippen LogP contribution in [0.2, 0.25) is 0 Å². The first kappa shape index (κ1) is 46.3. The fourth-order valence-corrected chi connectivity index (χ4v) is 6.08. The molecule has 19 heteroatoms. The van der Waals surface area contributed by atoms with E-state index in [4.69, 9.17) is 38.9 Å². The lowest BCUT2D eigenvalue weighted by Gasteiger charge is -2.38. The van der Waals surface area contributed by atoms with Crippen LogP contribution in [-0.4, -0.2) is 130 Å². The molecule has 1 amide bonds. The van der Waals surface area contributed by atoms with Gasteiger partial charge in [0, 0.05) is 13.0 Å². The van der Waals surface area contributed by atoms with Crippen LogP contribution in [0.25, 0.3) is 0 Å². The molecule has 4 atom stereocenters. The molecule has 0 unspecified atom stereocenters. The third-order valence-electron chi connectivity index (χ3n) is 8.41. The zero-order chi connectivity index (χ0) is 40.9. The van der Waals surface area contributed by atoms with Crippen molar-refractivity contribution in [1.82, 2.24) is 15.3 Å². The van der Waals surface area contributed by atoms with Crippen LogP contribution in [0.1, 0.15) is 30.5 Å². The van der Waals surface area contributed by atoms with Gasteiger partial charge in [0.2, 0.25) is 5.91 Å². The average molecular weight is 922 g/mol. The van der Waals surface area contributed by atoms with E-state index in [1.807, 2.05) is 36.4 Å². The molecule has 2 aromatic carbocycles. The van der Waals surface area contributed by atoms with E-state index in [0.29, 0.717) is 77.5 Å². The molecule has 0 aliphatic carbocycles. The van der Waals surface area contributed by atoms with Gasteiger partial charge in [0.25, 0.3) is 0 Å². The predicted molar refractivity (Wildman–Crippen MR) is 210 cm³/mol. The van der Waals surface area contributed by atoms with E-state index in [0.717, 1.165) is 34.1 Å². The van der Waals surface area contributed by atoms with Gasteiger partial charge >= 0.3 is 6.18 Å². The summed E-state index contributed by atoms with van der Waals surface area (Å²) < 4.78 is 78.9. The van der Waals surface area contributed by atoms with E-state index in [1.54, 1.807) is 0 Å². The van der Waals surface area contributed by atoms with E-state index in [9.17, 15) is 28.2 Å². The minimum absolute atomic E-state index is 0.0267. The Morgan fingerprint density at radius 3 is 2.26 bits per heavy atom. The van der Waals surface area contributed by atoms with Crippen molar-refractivity contribution in [2.45, 2.75) is 56.2 Å². The number of nitrogens with one attached hydrogen (secondary N) is 2. The van der Waals surface area contributed by atoms with Crippen LogP contribution in [0.3, 0.4) is 0 Å². The van der Waals surface area contributed by atoms with Crippen molar-refractivity contribution < 1.29 is 61.3 Å². The van der Waals surface area contributed by atoms with Crippen molar-refractivity contribution in [2.24, 2.45) is 5.73 Å². The number of benzene rings is 2. The van der Waals surface area contributed by atoms with Gasteiger partial charge in [-0.1, -0.05) is 6.07 Å². The van der Waals surface area contributed by atoms with Crippen molar-refractivity contribution in [3.63, 3.8) is 0 Å². The molecule has 57 heavy (non-hydrogen) atoms. The second-order valence-electron chi connectivity index (χ2n) is 12.8. The zero-order valence-electron chi connectivity index (χ0n) is 31.5. The molecule has 0 radical (unpaired) electrons. The number of nitrogens with zero attached hydrogens (tertiary/aromatic N) is 2. The maximum absolute atomic E-state index is 12.9. The van der Waals surface area contributed by atoms with Gasteiger partial charge in [-0.3, -0.25) is 9.78 Å². The number of amides is 1. The van der Waals surface area contributed by atoms with Gasteiger partial charge in [-0.2, -0.15) is 13.2 Å². The largest absolute Gasteiger partial charge is 0.494 e. The second-order valence-corrected chi connectivity index (χ2v) is 14.0. The molecule has 15 nitrogen and oxygen atoms in total. The summed E-state index contributed by atoms with van der Waals surface area (Å²) >= 11 is 2.26. The van der Waals surface area contributed by atoms with Gasteiger partial charge in [0.1, 0.15) is 41.4 Å². The monoisotopic (exact) mass is 921 g/mol. The number of nitrogens with two attached hydrogens (primary N) is 1. The standard InChI is InChI=1S/C38H51F3IN5O10/c39-38(40,41)33-22-44-23-34(47-33)46-30-24-56-32(37(50)36(30)49)25-54-20-19-53-18-17-52-16-15-51-14-12-45-35(48)3-1-2-13-55-27-5-7-28(8-6-27)57-31-9-4-26(10-11-43)21-29(31)42/h4-9,21-23,30,32,36-37,49-50H,1-3,10-20,24-25,43H2,(H,45,48)(H,46,47)/t30-,32+,36+,37-/m1/s1. The van der Waals surface area contributed by atoms with Crippen LogP contribution in [-0.2, 0) is 41.1 Å². The summed E-state index contributed by atoms with van der Waals surface area (Å²) in [6, 6.07) is 12.6. The maximum atomic E-state index is 12.9. The SMILES string of the molecule is NCCc1ccc(Oc2ccc(OCCCCC(=O)NCCOCCOCCOCCOC[C@@H]3OC[C@@H](Nc4cncc(C(F)(F)F)n4)[C@H](O)[C@@H]3O)cc2)c(I)c1. The number of aliphatic hydroxyl groups excluding tert-OH is 2. The fraction of sp³-hybridized carbons (Fsp3) is 0.553. The van der Waals surface area contributed by atoms with E-state index < -0.39 is 36.2 Å². The number of unbranched alkanes of at least 4 members (excludes halogenated alkanes) is 1. The Labute approximate surface area is 343 Å². The van der Waals surface area contributed by atoms with Crippen LogP contribution in [0.15, 0.2) is 54.9 Å². The summed E-state index contributed by atoms with van der Waals surface area (Å²) in [5.74, 6) is 1.99. The number of alkyl halides is 3. The molecule has 1 aromatic heterocycles. The summed E-state index contributed by atoms with van der Waals surface area (Å²) in [5.41, 5.74) is 5.63. The summed E-state index contributed by atoms with van der Waals surface area (Å²) in [6.07, 6.45) is -3.87. The number of halogens is 4. The molecule has 1 aliphatic rings. The summed E-state index contributed by atoms with van der Waals surface area (Å²) in [7, 11) is 0. The summed E-state index contributed by atoms with van der Waals surface area (Å²) in [4.78, 5) is 19.1. The Balaban J connectivity index is 0.907. The molecular weight excluding hydrogens is 870 g/mol. The van der Waals surface area contributed by atoms with Crippen molar-refractivity contribution in [3.8, 4) is 17.2 Å². The predicted octanol–water partition coefficient (Wildman–Crippen LogP) is 3.73. The Morgan fingerprint density at radius 2 is 1.58 bits per heavy atom. The van der Waals surface area contributed by atoms with Gasteiger partial charge in [-0.15, -0.1) is 0 Å². The molecule has 0 saturated carbocycles. The number of aromatic nitrogens is 2. The first-order chi connectivity index (χ1) is 27.5. The van der Waals surface area contributed by atoms with E-state index in [1.165, 1.54) is 5.56 Å². The van der Waals surface area contributed by atoms with Gasteiger partial charge in [0.05, 0.1) is 88.1 Å². The third kappa shape index (κ3) is 17.1. The maximum Gasteiger partial charge on any atom is 0.434 e. The number of carbonyl (C=O) groups is 1. The van der Waals surface area contributed by atoms with Crippen LogP contribution in [0, 0.1) is 3.57 Å². The lowest BCUT2D eigenvalue weighted by molar-refractivity contribution is -0.161. The van der Waals surface area contributed by atoms with E-state index in [-0.39, 0.29) is 38.2 Å². The lowest BCUT2D eigenvalue weighted by atomic mass is 9.98. The molecule has 3 aromatic rings. The van der Waals surface area contributed by atoms with Crippen molar-refractivity contribution in [3.05, 3.63) is 69.7 Å². The highest BCUT2D eigenvalue weighted by molar-refractivity contribution is 14.1. The minimum Gasteiger partial charge on any atom is -0.494 e. The smallest absolute Gasteiger partial charge is 0.434 e. The number of hydrogen-bond donors (Lipinski definition) is 5. The van der Waals surface area contributed by atoms with E-state index >= 15 is 0 Å². The highest BCUT2D eigenvalue weighted by Gasteiger charge is 2.39. The van der Waals surface area contributed by atoms with Crippen LogP contribution < -0.4 is 25.8 Å². The quantitative estimate of drug-likeness (QED) is 0.0577. The van der Waals surface area contributed by atoms with Gasteiger partial charge < -0.3 is 59.7 Å². The van der Waals surface area contributed by atoms with Crippen LogP contribution in [0.5, 0.6) is 17.2 Å². The molecule has 6 N–H and O–H groups in total. The van der Waals surface area contributed by atoms with Gasteiger partial charge in [0.15, 0.2) is 5.69 Å². The number of anilines is 1. The van der Waals surface area contributed by atoms with Crippen molar-refractivity contribution in [1.29, 1.82) is 0 Å². The molecule has 1 saturated heterocycles. The fourth-order valence-electron chi connectivity index (χ4n) is 5.39. The van der Waals surface area contributed by atoms with Crippen molar-refractivity contribution in [2.75, 3.05) is 84.5 Å². The van der Waals surface area contributed by atoms with Crippen LogP contribution >= 0.6 is 22.6 Å². The number of carbonyl (C=O) groups excluding carboxylic acids is 1. The molecule has 1 aliphatic heterocycles. The highest BCUT2D eigenvalue weighted by atomic mass is 127. The Hall–Kier alpha value is -3.41. The molecule has 0 bridgehead atoms. The third-order valence-corrected chi connectivity index (χ3v) is 9.25. The summed E-state index contributed by atoms with van der Waals surface area (Å²) in [5, 5.41) is 26.3. The normalized spacial score (nSPS) is 18.3. The first-order valence-corrected chi connectivity index (χ1v) is 19.7. The number of aliphatic hydroxyl groups is 2. The molecular formula is C38H51F3IN5O10. The van der Waals surface area contributed by atoms with Gasteiger partial charge in [-0.05, 0) is 90.4 Å². The van der Waals surface area contributed by atoms with Crippen LogP contribution in [0.4, 0.5) is 19.0 Å². The Morgan fingerprint density at radius 1 is 0.895 bits per heavy atom. The molecule has 4 rings (SSSR count). The van der Waals surface area contributed by atoms with E-state index in [2.05, 4.69) is 49.3 Å². The second kappa shape index (κ2) is 25.2. The summed E-state index contributed by atoms with van der Waals surface area (Å²) in [6.45, 7) is 3.59. The number of rotatable bonds is 26.